The highest BCUT2D eigenvalue weighted by atomic mass is 35.5. The number of rotatable bonds is 9. The summed E-state index contributed by atoms with van der Waals surface area (Å²) in [6.45, 7) is 3.91. The normalized spacial score (nSPS) is 13.7. The van der Waals surface area contributed by atoms with Gasteiger partial charge in [-0.1, -0.05) is 0 Å². The van der Waals surface area contributed by atoms with E-state index in [2.05, 4.69) is 10.9 Å². The molecule has 0 radical (unpaired) electrons. The van der Waals surface area contributed by atoms with Gasteiger partial charge in [-0.15, -0.1) is 11.6 Å². The molecule has 8 heteroatoms. The van der Waals surface area contributed by atoms with Crippen molar-refractivity contribution < 1.29 is 13.9 Å². The molecule has 0 saturated heterocycles. The molecule has 1 aromatic carbocycles. The molecule has 0 bridgehead atoms. The van der Waals surface area contributed by atoms with Gasteiger partial charge in [0.25, 0.3) is 0 Å². The van der Waals surface area contributed by atoms with Crippen LogP contribution in [0.2, 0.25) is 0 Å². The van der Waals surface area contributed by atoms with Gasteiger partial charge in [0.2, 0.25) is 13.3 Å². The Morgan fingerprint density at radius 1 is 1.30 bits per heavy atom. The topological polar surface area (TPSA) is 70.7 Å². The number of carbonyl (C=O) groups is 1. The average molecular weight is 362 g/mol. The second-order valence-electron chi connectivity index (χ2n) is 5.61. The highest BCUT2D eigenvalue weighted by Crippen LogP contribution is 2.45. The zero-order valence-electron chi connectivity index (χ0n) is 14.0. The molecule has 1 amide bonds. The van der Waals surface area contributed by atoms with Gasteiger partial charge < -0.3 is 9.42 Å². The highest BCUT2D eigenvalue weighted by molar-refractivity contribution is 7.67. The Labute approximate surface area is 143 Å². The van der Waals surface area contributed by atoms with E-state index in [4.69, 9.17) is 16.1 Å². The van der Waals surface area contributed by atoms with E-state index in [9.17, 15) is 9.36 Å². The van der Waals surface area contributed by atoms with Gasteiger partial charge in [0.15, 0.2) is 0 Å². The van der Waals surface area contributed by atoms with Crippen molar-refractivity contribution in [2.45, 2.75) is 19.9 Å². The molecule has 0 fully saturated rings. The predicted octanol–water partition coefficient (Wildman–Crippen LogP) is 1.94. The SMILES string of the molecule is CC(C)NNC(=O)CP(=O)(OCCCl)c1ccc(N(C)C)cc1. The first-order valence-electron chi connectivity index (χ1n) is 7.40. The van der Waals surface area contributed by atoms with Crippen molar-refractivity contribution in [2.75, 3.05) is 37.6 Å². The summed E-state index contributed by atoms with van der Waals surface area (Å²) in [5.74, 6) is -0.167. The smallest absolute Gasteiger partial charge is 0.244 e. The maximum absolute atomic E-state index is 13.1. The van der Waals surface area contributed by atoms with Crippen LogP contribution in [0.3, 0.4) is 0 Å². The van der Waals surface area contributed by atoms with E-state index >= 15 is 0 Å². The lowest BCUT2D eigenvalue weighted by molar-refractivity contribution is -0.119. The molecule has 0 aliphatic heterocycles. The summed E-state index contributed by atoms with van der Waals surface area (Å²) in [6, 6.07) is 7.23. The maximum Gasteiger partial charge on any atom is 0.244 e. The molecule has 1 atom stereocenters. The minimum absolute atomic E-state index is 0.0847. The first-order chi connectivity index (χ1) is 10.8. The summed E-state index contributed by atoms with van der Waals surface area (Å²) in [5.41, 5.74) is 6.30. The lowest BCUT2D eigenvalue weighted by atomic mass is 10.3. The largest absolute Gasteiger partial charge is 0.378 e. The molecule has 0 aliphatic rings. The molecule has 0 heterocycles. The molecule has 1 rings (SSSR count). The minimum Gasteiger partial charge on any atom is -0.378 e. The fourth-order valence-corrected chi connectivity index (χ4v) is 3.88. The fourth-order valence-electron chi connectivity index (χ4n) is 1.82. The van der Waals surface area contributed by atoms with Crippen LogP contribution in [0.1, 0.15) is 13.8 Å². The molecule has 23 heavy (non-hydrogen) atoms. The lowest BCUT2D eigenvalue weighted by Crippen LogP contribution is -2.43. The van der Waals surface area contributed by atoms with Crippen molar-refractivity contribution in [1.82, 2.24) is 10.9 Å². The lowest BCUT2D eigenvalue weighted by Gasteiger charge is -2.20. The van der Waals surface area contributed by atoms with E-state index in [1.54, 1.807) is 12.1 Å². The number of hydrazine groups is 1. The van der Waals surface area contributed by atoms with Crippen molar-refractivity contribution in [3.05, 3.63) is 24.3 Å². The number of carbonyl (C=O) groups excluding carboxylic acids is 1. The Balaban J connectivity index is 2.92. The zero-order chi connectivity index (χ0) is 17.5. The Morgan fingerprint density at radius 2 is 1.91 bits per heavy atom. The van der Waals surface area contributed by atoms with Crippen molar-refractivity contribution in [2.24, 2.45) is 0 Å². The van der Waals surface area contributed by atoms with E-state index in [1.165, 1.54) is 0 Å². The van der Waals surface area contributed by atoms with Gasteiger partial charge in [-0.05, 0) is 38.1 Å². The van der Waals surface area contributed by atoms with Crippen LogP contribution in [0.25, 0.3) is 0 Å². The van der Waals surface area contributed by atoms with E-state index in [-0.39, 0.29) is 30.6 Å². The number of anilines is 1. The number of hydrogen-bond acceptors (Lipinski definition) is 5. The standard InChI is InChI=1S/C15H25ClN3O3P/c1-12(2)17-18-15(20)11-23(21,22-10-9-16)14-7-5-13(6-8-14)19(3)4/h5-8,12,17H,9-11H2,1-4H3,(H,18,20). The Kier molecular flexibility index (Phi) is 8.06. The average Bonchev–Trinajstić information content (AvgIpc) is 2.51. The molecular weight excluding hydrogens is 337 g/mol. The fraction of sp³-hybridized carbons (Fsp3) is 0.533. The third-order valence-electron chi connectivity index (χ3n) is 2.99. The zero-order valence-corrected chi connectivity index (χ0v) is 15.7. The molecular formula is C15H25ClN3O3P. The summed E-state index contributed by atoms with van der Waals surface area (Å²) in [4.78, 5) is 13.9. The third kappa shape index (κ3) is 6.51. The molecule has 1 aromatic rings. The van der Waals surface area contributed by atoms with Crippen LogP contribution in [0.4, 0.5) is 5.69 Å². The van der Waals surface area contributed by atoms with E-state index in [0.29, 0.717) is 5.30 Å². The van der Waals surface area contributed by atoms with Gasteiger partial charge >= 0.3 is 0 Å². The van der Waals surface area contributed by atoms with E-state index in [1.807, 2.05) is 45.0 Å². The molecule has 0 aromatic heterocycles. The number of nitrogens with one attached hydrogen (secondary N) is 2. The second kappa shape index (κ2) is 9.28. The molecule has 0 spiro atoms. The maximum atomic E-state index is 13.1. The number of hydrogen-bond donors (Lipinski definition) is 2. The van der Waals surface area contributed by atoms with Gasteiger partial charge in [-0.25, -0.2) is 5.43 Å². The molecule has 130 valence electrons. The molecule has 0 aliphatic carbocycles. The van der Waals surface area contributed by atoms with Gasteiger partial charge in [-0.2, -0.15) is 0 Å². The van der Waals surface area contributed by atoms with Gasteiger partial charge in [0.1, 0.15) is 6.16 Å². The second-order valence-corrected chi connectivity index (χ2v) is 8.43. The molecule has 6 nitrogen and oxygen atoms in total. The Hall–Kier alpha value is -1.07. The number of alkyl halides is 1. The monoisotopic (exact) mass is 361 g/mol. The highest BCUT2D eigenvalue weighted by Gasteiger charge is 2.29. The molecule has 1 unspecified atom stereocenters. The van der Waals surface area contributed by atoms with Crippen LogP contribution in [-0.2, 0) is 13.9 Å². The molecule has 2 N–H and O–H groups in total. The van der Waals surface area contributed by atoms with Crippen LogP contribution in [0.15, 0.2) is 24.3 Å². The summed E-state index contributed by atoms with van der Waals surface area (Å²) < 4.78 is 18.6. The van der Waals surface area contributed by atoms with E-state index in [0.717, 1.165) is 5.69 Å². The third-order valence-corrected chi connectivity index (χ3v) is 5.53. The number of benzene rings is 1. The van der Waals surface area contributed by atoms with Crippen LogP contribution >= 0.6 is 19.0 Å². The van der Waals surface area contributed by atoms with Gasteiger partial charge in [0.05, 0.1) is 6.61 Å². The van der Waals surface area contributed by atoms with Gasteiger partial charge in [0, 0.05) is 37.0 Å². The number of amides is 1. The van der Waals surface area contributed by atoms with Crippen molar-refractivity contribution in [1.29, 1.82) is 0 Å². The quantitative estimate of drug-likeness (QED) is 0.399. The van der Waals surface area contributed by atoms with Crippen molar-refractivity contribution in [3.8, 4) is 0 Å². The van der Waals surface area contributed by atoms with Crippen molar-refractivity contribution >= 4 is 35.9 Å². The number of halogens is 1. The first kappa shape index (κ1) is 20.0. The van der Waals surface area contributed by atoms with Crippen LogP contribution in [0, 0.1) is 0 Å². The number of nitrogens with zero attached hydrogens (tertiary/aromatic N) is 1. The molecule has 0 saturated carbocycles. The summed E-state index contributed by atoms with van der Waals surface area (Å²) in [6.07, 6.45) is -0.231. The first-order valence-corrected chi connectivity index (χ1v) is 9.75. The van der Waals surface area contributed by atoms with Crippen LogP contribution < -0.4 is 21.1 Å². The Bertz CT molecular complexity index is 549. The van der Waals surface area contributed by atoms with Gasteiger partial charge in [-0.3, -0.25) is 14.8 Å². The summed E-state index contributed by atoms with van der Waals surface area (Å²) in [7, 11) is 0.531. The summed E-state index contributed by atoms with van der Waals surface area (Å²) in [5, 5.41) is 0.507. The summed E-state index contributed by atoms with van der Waals surface area (Å²) >= 11 is 5.64. The van der Waals surface area contributed by atoms with Crippen LogP contribution in [-0.4, -0.2) is 44.7 Å². The van der Waals surface area contributed by atoms with E-state index < -0.39 is 7.37 Å². The predicted molar refractivity (Wildman–Crippen MR) is 96.0 cm³/mol. The van der Waals surface area contributed by atoms with Crippen molar-refractivity contribution in [3.63, 3.8) is 0 Å². The minimum atomic E-state index is -3.31. The Morgan fingerprint density at radius 3 is 2.39 bits per heavy atom. The van der Waals surface area contributed by atoms with Crippen LogP contribution in [0.5, 0.6) is 0 Å².